The Morgan fingerprint density at radius 2 is 1.77 bits per heavy atom. The molecule has 9 nitrogen and oxygen atoms in total. The lowest BCUT2D eigenvalue weighted by Gasteiger charge is -2.37. The van der Waals surface area contributed by atoms with Crippen molar-refractivity contribution in [2.45, 2.75) is 31.0 Å². The van der Waals surface area contributed by atoms with E-state index in [2.05, 4.69) is 9.97 Å². The van der Waals surface area contributed by atoms with Gasteiger partial charge in [0.05, 0.1) is 35.4 Å². The quantitative estimate of drug-likeness (QED) is 0.168. The van der Waals surface area contributed by atoms with Crippen LogP contribution in [0.15, 0.2) is 48.9 Å². The van der Waals surface area contributed by atoms with Crippen LogP contribution in [0.3, 0.4) is 0 Å². The number of carbonyl (C=O) groups excluding carboxylic acids is 1. The number of hydrogen-bond donors (Lipinski definition) is 5. The van der Waals surface area contributed by atoms with E-state index in [-0.39, 0.29) is 12.1 Å². The van der Waals surface area contributed by atoms with Crippen molar-refractivity contribution >= 4 is 62.6 Å². The lowest BCUT2D eigenvalue weighted by atomic mass is 9.96. The van der Waals surface area contributed by atoms with Crippen LogP contribution in [0.25, 0.3) is 44.1 Å². The number of nitrogens with one attached hydrogen (secondary N) is 2. The first-order valence-corrected chi connectivity index (χ1v) is 13.5. The van der Waals surface area contributed by atoms with Gasteiger partial charge < -0.3 is 39.3 Å². The number of ether oxygens (including phenoxy) is 2. The standard InChI is InChI=1S/C28H24Cl3N3O6/c1-39-28(38)26-25(15-8-32-20-3-2-12(29)4-13(15)20)16(9-33-26)17-10-34(21-6-19(31)18(30)5-14(17)21)27-23(37)7-22(36)24(11-35)40-27/h2-6,8-10,22-24,27,32-33,35-37H,7,11H2,1H3. The minimum atomic E-state index is -1.08. The number of rotatable bonds is 5. The molecule has 3 aromatic heterocycles. The van der Waals surface area contributed by atoms with Gasteiger partial charge in [-0.2, -0.15) is 0 Å². The highest BCUT2D eigenvalue weighted by molar-refractivity contribution is 6.43. The van der Waals surface area contributed by atoms with Crippen LogP contribution in [0, 0.1) is 0 Å². The first-order valence-electron chi connectivity index (χ1n) is 12.4. The van der Waals surface area contributed by atoms with Crippen molar-refractivity contribution < 1.29 is 29.6 Å². The minimum Gasteiger partial charge on any atom is -0.464 e. The van der Waals surface area contributed by atoms with E-state index in [9.17, 15) is 20.1 Å². The Labute approximate surface area is 242 Å². The fourth-order valence-corrected chi connectivity index (χ4v) is 5.93. The van der Waals surface area contributed by atoms with Gasteiger partial charge in [0, 0.05) is 68.6 Å². The minimum absolute atomic E-state index is 0.00418. The van der Waals surface area contributed by atoms with Gasteiger partial charge in [0.1, 0.15) is 17.9 Å². The number of carbonyl (C=O) groups is 1. The largest absolute Gasteiger partial charge is 0.464 e. The SMILES string of the molecule is COC(=O)c1[nH]cc(-c2cn(C3OC(CO)C(O)CC3O)c3cc(Cl)c(Cl)cc23)c1-c1c[nH]c2ccc(Cl)cc12. The van der Waals surface area contributed by atoms with Crippen LogP contribution in [-0.2, 0) is 9.47 Å². The van der Waals surface area contributed by atoms with Gasteiger partial charge in [0.2, 0.25) is 0 Å². The lowest BCUT2D eigenvalue weighted by Crippen LogP contribution is -2.46. The third-order valence-corrected chi connectivity index (χ3v) is 8.32. The summed E-state index contributed by atoms with van der Waals surface area (Å²) < 4.78 is 12.7. The number of H-pyrrole nitrogens is 2. The van der Waals surface area contributed by atoms with Crippen molar-refractivity contribution in [2.75, 3.05) is 13.7 Å². The highest BCUT2D eigenvalue weighted by Gasteiger charge is 2.38. The average molecular weight is 605 g/mol. The van der Waals surface area contributed by atoms with Gasteiger partial charge in [-0.3, -0.25) is 0 Å². The van der Waals surface area contributed by atoms with Crippen LogP contribution in [0.5, 0.6) is 0 Å². The van der Waals surface area contributed by atoms with Crippen LogP contribution in [0.2, 0.25) is 15.1 Å². The van der Waals surface area contributed by atoms with Gasteiger partial charge in [-0.1, -0.05) is 34.8 Å². The predicted octanol–water partition coefficient (Wildman–Crippen LogP) is 5.53. The molecule has 40 heavy (non-hydrogen) atoms. The van der Waals surface area contributed by atoms with Gasteiger partial charge in [0.15, 0.2) is 6.23 Å². The molecule has 1 fully saturated rings. The molecule has 1 aliphatic rings. The number of methoxy groups -OCH3 is 1. The molecule has 0 spiro atoms. The third-order valence-electron chi connectivity index (χ3n) is 7.36. The Balaban J connectivity index is 1.62. The van der Waals surface area contributed by atoms with Gasteiger partial charge in [0.25, 0.3) is 0 Å². The number of aliphatic hydroxyl groups excluding tert-OH is 3. The number of esters is 1. The van der Waals surface area contributed by atoms with E-state index >= 15 is 0 Å². The van der Waals surface area contributed by atoms with E-state index in [0.29, 0.717) is 48.2 Å². The number of aromatic amines is 2. The topological polar surface area (TPSA) is 133 Å². The van der Waals surface area contributed by atoms with E-state index in [0.717, 1.165) is 10.9 Å². The smallest absolute Gasteiger partial charge is 0.355 e. The second kappa shape index (κ2) is 10.4. The highest BCUT2D eigenvalue weighted by Crippen LogP contribution is 2.45. The zero-order valence-electron chi connectivity index (χ0n) is 21.0. The van der Waals surface area contributed by atoms with Crippen LogP contribution >= 0.6 is 34.8 Å². The van der Waals surface area contributed by atoms with Crippen molar-refractivity contribution in [3.8, 4) is 22.3 Å². The molecular weight excluding hydrogens is 581 g/mol. The number of nitrogens with zero attached hydrogens (tertiary/aromatic N) is 1. The Morgan fingerprint density at radius 3 is 2.52 bits per heavy atom. The van der Waals surface area contributed by atoms with Crippen LogP contribution in [0.4, 0.5) is 0 Å². The maximum atomic E-state index is 12.9. The van der Waals surface area contributed by atoms with Crippen molar-refractivity contribution in [3.63, 3.8) is 0 Å². The second-order valence-corrected chi connectivity index (χ2v) is 10.9. The van der Waals surface area contributed by atoms with Gasteiger partial charge in [-0.25, -0.2) is 4.79 Å². The van der Waals surface area contributed by atoms with Gasteiger partial charge >= 0.3 is 5.97 Å². The molecule has 12 heteroatoms. The molecule has 5 N–H and O–H groups in total. The van der Waals surface area contributed by atoms with E-state index in [4.69, 9.17) is 44.3 Å². The Kier molecular flexibility index (Phi) is 7.08. The van der Waals surface area contributed by atoms with Crippen LogP contribution in [0.1, 0.15) is 23.1 Å². The summed E-state index contributed by atoms with van der Waals surface area (Å²) in [5, 5.41) is 33.5. The maximum absolute atomic E-state index is 12.9. The van der Waals surface area contributed by atoms with Crippen molar-refractivity contribution in [2.24, 2.45) is 0 Å². The van der Waals surface area contributed by atoms with E-state index in [1.807, 2.05) is 12.1 Å². The zero-order chi connectivity index (χ0) is 28.3. The Hall–Kier alpha value is -3.02. The number of halogens is 3. The van der Waals surface area contributed by atoms with Crippen molar-refractivity contribution in [1.29, 1.82) is 0 Å². The van der Waals surface area contributed by atoms with Gasteiger partial charge in [-0.05, 0) is 30.3 Å². The fraction of sp³-hybridized carbons (Fsp3) is 0.250. The molecule has 0 saturated carbocycles. The molecular formula is C28H24Cl3N3O6. The summed E-state index contributed by atoms with van der Waals surface area (Å²) in [6, 6.07) is 8.81. The summed E-state index contributed by atoms with van der Waals surface area (Å²) >= 11 is 19.2. The van der Waals surface area contributed by atoms with E-state index < -0.39 is 37.1 Å². The third kappa shape index (κ3) is 4.38. The molecule has 4 unspecified atom stereocenters. The molecule has 1 saturated heterocycles. The number of benzene rings is 2. The summed E-state index contributed by atoms with van der Waals surface area (Å²) in [6.45, 7) is -0.420. The molecule has 2 aromatic carbocycles. The monoisotopic (exact) mass is 603 g/mol. The predicted molar refractivity (Wildman–Crippen MR) is 153 cm³/mol. The van der Waals surface area contributed by atoms with Crippen LogP contribution in [-0.4, -0.2) is 67.9 Å². The number of aromatic nitrogens is 3. The summed E-state index contributed by atoms with van der Waals surface area (Å²) in [6.07, 6.45) is 1.34. The molecule has 0 bridgehead atoms. The molecule has 1 aliphatic heterocycles. The summed E-state index contributed by atoms with van der Waals surface area (Å²) in [7, 11) is 1.31. The maximum Gasteiger partial charge on any atom is 0.355 e. The molecule has 4 atom stereocenters. The van der Waals surface area contributed by atoms with E-state index in [1.54, 1.807) is 41.4 Å². The van der Waals surface area contributed by atoms with Gasteiger partial charge in [-0.15, -0.1) is 0 Å². The number of hydrogen-bond acceptors (Lipinski definition) is 6. The molecule has 0 aliphatic carbocycles. The molecule has 6 rings (SSSR count). The summed E-state index contributed by atoms with van der Waals surface area (Å²) in [4.78, 5) is 19.2. The first-order chi connectivity index (χ1) is 19.2. The molecule has 5 aromatic rings. The molecule has 208 valence electrons. The Bertz CT molecular complexity index is 1760. The second-order valence-electron chi connectivity index (χ2n) is 9.69. The number of fused-ring (bicyclic) bond motifs is 2. The van der Waals surface area contributed by atoms with Crippen molar-refractivity contribution in [1.82, 2.24) is 14.5 Å². The average Bonchev–Trinajstić information content (AvgIpc) is 3.63. The first kappa shape index (κ1) is 27.2. The summed E-state index contributed by atoms with van der Waals surface area (Å²) in [5.41, 5.74) is 4.24. The Morgan fingerprint density at radius 1 is 1.02 bits per heavy atom. The molecule has 0 radical (unpaired) electrons. The van der Waals surface area contributed by atoms with E-state index in [1.165, 1.54) is 7.11 Å². The normalized spacial score (nSPS) is 21.4. The molecule has 4 heterocycles. The zero-order valence-corrected chi connectivity index (χ0v) is 23.3. The number of aliphatic hydroxyl groups is 3. The summed E-state index contributed by atoms with van der Waals surface area (Å²) in [5.74, 6) is -0.562. The fourth-order valence-electron chi connectivity index (χ4n) is 5.44. The highest BCUT2D eigenvalue weighted by atomic mass is 35.5. The molecule has 0 amide bonds. The van der Waals surface area contributed by atoms with Crippen molar-refractivity contribution in [3.05, 3.63) is 69.7 Å². The lowest BCUT2D eigenvalue weighted by molar-refractivity contribution is -0.205. The van der Waals surface area contributed by atoms with Crippen LogP contribution < -0.4 is 0 Å².